The van der Waals surface area contributed by atoms with Crippen molar-refractivity contribution in [3.63, 3.8) is 0 Å². The van der Waals surface area contributed by atoms with Gasteiger partial charge in [-0.15, -0.1) is 0 Å². The molecule has 0 saturated heterocycles. The molecule has 2 N–H and O–H groups in total. The number of rotatable bonds is 0. The van der Waals surface area contributed by atoms with E-state index in [1.807, 2.05) is 12.3 Å². The van der Waals surface area contributed by atoms with Gasteiger partial charge in [0.15, 0.2) is 0 Å². The van der Waals surface area contributed by atoms with Crippen molar-refractivity contribution in [2.45, 2.75) is 0 Å². The molecule has 0 radical (unpaired) electrons. The maximum atomic E-state index is 4.18. The van der Waals surface area contributed by atoms with Crippen LogP contribution in [-0.2, 0) is 0 Å². The van der Waals surface area contributed by atoms with Gasteiger partial charge in [0.05, 0.1) is 17.1 Å². The number of nitrogens with one attached hydrogen (secondary N) is 2. The lowest BCUT2D eigenvalue weighted by atomic mass is 10.2. The van der Waals surface area contributed by atoms with Crippen LogP contribution in [0.15, 0.2) is 31.0 Å². The molecule has 4 heteroatoms. The Morgan fingerprint density at radius 3 is 3.31 bits per heavy atom. The summed E-state index contributed by atoms with van der Waals surface area (Å²) in [5.74, 6) is 0. The van der Waals surface area contributed by atoms with E-state index in [4.69, 9.17) is 0 Å². The van der Waals surface area contributed by atoms with Crippen molar-refractivity contribution < 1.29 is 4.98 Å². The highest BCUT2D eigenvalue weighted by atomic mass is 14.9. The van der Waals surface area contributed by atoms with Gasteiger partial charge in [-0.25, -0.2) is 4.98 Å². The summed E-state index contributed by atoms with van der Waals surface area (Å²) < 4.78 is 0. The van der Waals surface area contributed by atoms with Gasteiger partial charge in [0.1, 0.15) is 6.20 Å². The number of pyridine rings is 1. The SMILES string of the molecule is c1cc2c(cn1)[nH]c1nc[nH+]cc12. The summed E-state index contributed by atoms with van der Waals surface area (Å²) in [6.45, 7) is 0. The van der Waals surface area contributed by atoms with Crippen LogP contribution in [-0.4, -0.2) is 15.0 Å². The summed E-state index contributed by atoms with van der Waals surface area (Å²) in [7, 11) is 0. The van der Waals surface area contributed by atoms with Crippen LogP contribution < -0.4 is 4.98 Å². The molecule has 0 unspecified atom stereocenters. The molecule has 0 amide bonds. The number of H-pyrrole nitrogens is 2. The molecular formula is C9H7N4+. The largest absolute Gasteiger partial charge is 0.317 e. The molecular weight excluding hydrogens is 164 g/mol. The lowest BCUT2D eigenvalue weighted by Crippen LogP contribution is -1.99. The van der Waals surface area contributed by atoms with Gasteiger partial charge in [-0.2, -0.15) is 0 Å². The molecule has 3 heterocycles. The Hall–Kier alpha value is -1.97. The Balaban J connectivity index is 2.64. The summed E-state index contributed by atoms with van der Waals surface area (Å²) in [5.41, 5.74) is 1.91. The second-order valence-electron chi connectivity index (χ2n) is 2.88. The fraction of sp³-hybridized carbons (Fsp3) is 0. The summed E-state index contributed by atoms with van der Waals surface area (Å²) in [6, 6.07) is 1.98. The number of aromatic nitrogens is 4. The van der Waals surface area contributed by atoms with Gasteiger partial charge in [0.2, 0.25) is 0 Å². The molecule has 0 spiro atoms. The molecule has 62 valence electrons. The van der Waals surface area contributed by atoms with E-state index >= 15 is 0 Å². The summed E-state index contributed by atoms with van der Waals surface area (Å²) >= 11 is 0. The molecule has 0 atom stereocenters. The van der Waals surface area contributed by atoms with Crippen molar-refractivity contribution in [2.24, 2.45) is 0 Å². The molecule has 0 aliphatic heterocycles. The van der Waals surface area contributed by atoms with E-state index in [0.717, 1.165) is 21.9 Å². The predicted octanol–water partition coefficient (Wildman–Crippen LogP) is 0.925. The van der Waals surface area contributed by atoms with E-state index in [0.29, 0.717) is 0 Å². The van der Waals surface area contributed by atoms with Gasteiger partial charge in [-0.1, -0.05) is 0 Å². The van der Waals surface area contributed by atoms with Crippen molar-refractivity contribution >= 4 is 21.9 Å². The predicted molar refractivity (Wildman–Crippen MR) is 48.0 cm³/mol. The minimum atomic E-state index is 0.891. The minimum Gasteiger partial charge on any atom is -0.317 e. The molecule has 0 aliphatic rings. The van der Waals surface area contributed by atoms with Crippen molar-refractivity contribution in [2.75, 3.05) is 0 Å². The molecule has 4 nitrogen and oxygen atoms in total. The van der Waals surface area contributed by atoms with Crippen molar-refractivity contribution in [3.05, 3.63) is 31.0 Å². The minimum absolute atomic E-state index is 0.891. The number of hydrogen-bond donors (Lipinski definition) is 1. The third-order valence-electron chi connectivity index (χ3n) is 2.12. The molecule has 3 aromatic rings. The van der Waals surface area contributed by atoms with Gasteiger partial charge < -0.3 is 4.98 Å². The first kappa shape index (κ1) is 6.54. The van der Waals surface area contributed by atoms with Crippen molar-refractivity contribution in [1.29, 1.82) is 0 Å². The molecule has 13 heavy (non-hydrogen) atoms. The third kappa shape index (κ3) is 0.823. The first-order valence-electron chi connectivity index (χ1n) is 4.02. The van der Waals surface area contributed by atoms with Crippen molar-refractivity contribution in [1.82, 2.24) is 15.0 Å². The second kappa shape index (κ2) is 2.26. The Labute approximate surface area is 73.7 Å². The molecule has 0 saturated carbocycles. The third-order valence-corrected chi connectivity index (χ3v) is 2.12. The number of fused-ring (bicyclic) bond motifs is 3. The monoisotopic (exact) mass is 171 g/mol. The zero-order valence-corrected chi connectivity index (χ0v) is 6.78. The van der Waals surface area contributed by atoms with Crippen LogP contribution in [0, 0.1) is 0 Å². The highest BCUT2D eigenvalue weighted by molar-refractivity contribution is 6.04. The van der Waals surface area contributed by atoms with Gasteiger partial charge in [-0.05, 0) is 11.1 Å². The van der Waals surface area contributed by atoms with Crippen LogP contribution in [0.4, 0.5) is 0 Å². The van der Waals surface area contributed by atoms with E-state index in [2.05, 4.69) is 19.9 Å². The Morgan fingerprint density at radius 2 is 2.31 bits per heavy atom. The zero-order valence-electron chi connectivity index (χ0n) is 6.78. The number of aromatic amines is 2. The van der Waals surface area contributed by atoms with Gasteiger partial charge in [-0.3, -0.25) is 4.98 Å². The first-order chi connectivity index (χ1) is 6.45. The van der Waals surface area contributed by atoms with Crippen LogP contribution in [0.5, 0.6) is 0 Å². The number of nitrogens with zero attached hydrogens (tertiary/aromatic N) is 2. The molecule has 0 fully saturated rings. The molecule has 0 bridgehead atoms. The van der Waals surface area contributed by atoms with E-state index in [1.54, 1.807) is 18.7 Å². The highest BCUT2D eigenvalue weighted by Gasteiger charge is 2.07. The fourth-order valence-electron chi connectivity index (χ4n) is 1.52. The number of hydrogen-bond acceptors (Lipinski definition) is 2. The van der Waals surface area contributed by atoms with Gasteiger partial charge in [0.25, 0.3) is 12.0 Å². The quantitative estimate of drug-likeness (QED) is 0.547. The lowest BCUT2D eigenvalue weighted by molar-refractivity contribution is -0.380. The first-order valence-corrected chi connectivity index (χ1v) is 4.02. The Morgan fingerprint density at radius 1 is 1.31 bits per heavy atom. The maximum Gasteiger partial charge on any atom is 0.286 e. The second-order valence-corrected chi connectivity index (χ2v) is 2.88. The summed E-state index contributed by atoms with van der Waals surface area (Å²) in [6.07, 6.45) is 7.17. The average molecular weight is 171 g/mol. The maximum absolute atomic E-state index is 4.18. The van der Waals surface area contributed by atoms with Gasteiger partial charge in [0, 0.05) is 11.6 Å². The molecule has 0 aromatic carbocycles. The van der Waals surface area contributed by atoms with Crippen LogP contribution in [0.2, 0.25) is 0 Å². The van der Waals surface area contributed by atoms with Gasteiger partial charge >= 0.3 is 0 Å². The molecule has 3 rings (SSSR count). The molecule has 0 aliphatic carbocycles. The zero-order chi connectivity index (χ0) is 8.67. The van der Waals surface area contributed by atoms with Crippen molar-refractivity contribution in [3.8, 4) is 0 Å². The average Bonchev–Trinajstić information content (AvgIpc) is 2.56. The van der Waals surface area contributed by atoms with E-state index in [1.165, 1.54) is 0 Å². The smallest absolute Gasteiger partial charge is 0.286 e. The Bertz CT molecular complexity index is 519. The molecule has 3 aromatic heterocycles. The fourth-order valence-corrected chi connectivity index (χ4v) is 1.52. The topological polar surface area (TPSA) is 55.7 Å². The summed E-state index contributed by atoms with van der Waals surface area (Å²) in [4.78, 5) is 14.4. The van der Waals surface area contributed by atoms with E-state index in [-0.39, 0.29) is 0 Å². The van der Waals surface area contributed by atoms with Crippen LogP contribution >= 0.6 is 0 Å². The lowest BCUT2D eigenvalue weighted by Gasteiger charge is -1.84. The summed E-state index contributed by atoms with van der Waals surface area (Å²) in [5, 5.41) is 2.24. The highest BCUT2D eigenvalue weighted by Crippen LogP contribution is 2.20. The van der Waals surface area contributed by atoms with E-state index < -0.39 is 0 Å². The Kier molecular flexibility index (Phi) is 1.14. The van der Waals surface area contributed by atoms with E-state index in [9.17, 15) is 0 Å². The normalized spacial score (nSPS) is 11.1. The standard InChI is InChI=1S/C9H6N4/c1-2-10-4-8-6(1)7-3-11-5-12-9(7)13-8/h1-5H,(H,11,12,13)/p+1. The van der Waals surface area contributed by atoms with Crippen LogP contribution in [0.25, 0.3) is 21.9 Å². The van der Waals surface area contributed by atoms with Crippen LogP contribution in [0.1, 0.15) is 0 Å². The van der Waals surface area contributed by atoms with Crippen LogP contribution in [0.3, 0.4) is 0 Å².